The topological polar surface area (TPSA) is 48.7 Å². The van der Waals surface area contributed by atoms with Gasteiger partial charge in [0.2, 0.25) is 0 Å². The van der Waals surface area contributed by atoms with Crippen molar-refractivity contribution in [1.29, 1.82) is 5.26 Å². The van der Waals surface area contributed by atoms with Crippen LogP contribution in [0.15, 0.2) is 18.5 Å². The van der Waals surface area contributed by atoms with Crippen LogP contribution >= 0.6 is 0 Å². The van der Waals surface area contributed by atoms with Crippen molar-refractivity contribution in [3.05, 3.63) is 29.6 Å². The van der Waals surface area contributed by atoms with Gasteiger partial charge in [0, 0.05) is 18.9 Å². The fourth-order valence-corrected chi connectivity index (χ4v) is 1.88. The number of aromatic nitrogens is 1. The molecule has 3 nitrogen and oxygen atoms in total. The third-order valence-electron chi connectivity index (χ3n) is 2.66. The van der Waals surface area contributed by atoms with Gasteiger partial charge in [0.25, 0.3) is 0 Å². The van der Waals surface area contributed by atoms with Crippen LogP contribution in [0.25, 0.3) is 0 Å². The monoisotopic (exact) mass is 187 g/mol. The van der Waals surface area contributed by atoms with Gasteiger partial charge < -0.3 is 5.32 Å². The van der Waals surface area contributed by atoms with E-state index in [1.807, 2.05) is 12.3 Å². The third-order valence-corrected chi connectivity index (χ3v) is 2.66. The number of rotatable bonds is 1. The highest BCUT2D eigenvalue weighted by Gasteiger charge is 2.15. The zero-order chi connectivity index (χ0) is 9.80. The molecular weight excluding hydrogens is 174 g/mol. The first-order chi connectivity index (χ1) is 6.90. The summed E-state index contributed by atoms with van der Waals surface area (Å²) in [5.41, 5.74) is 1.85. The van der Waals surface area contributed by atoms with E-state index < -0.39 is 0 Å². The van der Waals surface area contributed by atoms with Gasteiger partial charge in [-0.25, -0.2) is 0 Å². The fourth-order valence-electron chi connectivity index (χ4n) is 1.88. The minimum atomic E-state index is 0.532. The molecule has 0 amide bonds. The van der Waals surface area contributed by atoms with Gasteiger partial charge in [-0.2, -0.15) is 5.26 Å². The lowest BCUT2D eigenvalue weighted by molar-refractivity contribution is 0.461. The van der Waals surface area contributed by atoms with Gasteiger partial charge in [-0.15, -0.1) is 0 Å². The van der Waals surface area contributed by atoms with Crippen LogP contribution in [0.4, 0.5) is 0 Å². The van der Waals surface area contributed by atoms with Gasteiger partial charge in [-0.1, -0.05) is 0 Å². The molecule has 1 aliphatic rings. The Morgan fingerprint density at radius 2 is 2.43 bits per heavy atom. The van der Waals surface area contributed by atoms with E-state index in [2.05, 4.69) is 16.4 Å². The van der Waals surface area contributed by atoms with Crippen molar-refractivity contribution < 1.29 is 0 Å². The van der Waals surface area contributed by atoms with Crippen molar-refractivity contribution in [3.8, 4) is 6.07 Å². The first kappa shape index (κ1) is 9.17. The van der Waals surface area contributed by atoms with Crippen molar-refractivity contribution >= 4 is 0 Å². The second-order valence-corrected chi connectivity index (χ2v) is 3.66. The number of nitriles is 1. The van der Waals surface area contributed by atoms with E-state index in [1.165, 1.54) is 18.4 Å². The molecule has 1 atom stereocenters. The summed E-state index contributed by atoms with van der Waals surface area (Å²) in [6.45, 7) is 2.12. The lowest BCUT2D eigenvalue weighted by Crippen LogP contribution is -2.28. The summed E-state index contributed by atoms with van der Waals surface area (Å²) >= 11 is 0. The number of hydrogen-bond acceptors (Lipinski definition) is 3. The van der Waals surface area contributed by atoms with E-state index in [0.29, 0.717) is 11.5 Å². The lowest BCUT2D eigenvalue weighted by atomic mass is 9.92. The number of piperidine rings is 1. The van der Waals surface area contributed by atoms with E-state index in [9.17, 15) is 0 Å². The number of hydrogen-bond donors (Lipinski definition) is 1. The molecule has 1 N–H and O–H groups in total. The standard InChI is InChI=1S/C11H13N3/c12-5-9-4-11(8-14-6-9)10-2-1-3-13-7-10/h4,6,8,10,13H,1-3,7H2/t10-/m0/s1. The van der Waals surface area contributed by atoms with Crippen molar-refractivity contribution in [2.24, 2.45) is 0 Å². The van der Waals surface area contributed by atoms with Gasteiger partial charge in [0.15, 0.2) is 0 Å². The predicted molar refractivity (Wildman–Crippen MR) is 53.8 cm³/mol. The molecule has 0 saturated carbocycles. The normalized spacial score (nSPS) is 21.5. The zero-order valence-electron chi connectivity index (χ0n) is 8.03. The number of nitrogens with zero attached hydrogens (tertiary/aromatic N) is 2. The van der Waals surface area contributed by atoms with Crippen molar-refractivity contribution in [3.63, 3.8) is 0 Å². The minimum Gasteiger partial charge on any atom is -0.316 e. The Hall–Kier alpha value is -1.40. The van der Waals surface area contributed by atoms with E-state index in [0.717, 1.165) is 13.1 Å². The highest BCUT2D eigenvalue weighted by atomic mass is 14.9. The maximum atomic E-state index is 8.75. The molecule has 0 spiro atoms. The summed E-state index contributed by atoms with van der Waals surface area (Å²) in [6, 6.07) is 4.07. The average molecular weight is 187 g/mol. The van der Waals surface area contributed by atoms with E-state index in [-0.39, 0.29) is 0 Å². The van der Waals surface area contributed by atoms with Crippen LogP contribution in [0.5, 0.6) is 0 Å². The summed E-state index contributed by atoms with van der Waals surface area (Å²) in [4.78, 5) is 4.08. The molecule has 1 fully saturated rings. The molecule has 72 valence electrons. The van der Waals surface area contributed by atoms with Crippen LogP contribution in [0.1, 0.15) is 29.9 Å². The first-order valence-corrected chi connectivity index (χ1v) is 4.96. The Morgan fingerprint density at radius 3 is 3.14 bits per heavy atom. The molecule has 1 aromatic rings. The van der Waals surface area contributed by atoms with Gasteiger partial charge in [0.05, 0.1) is 5.56 Å². The Morgan fingerprint density at radius 1 is 1.50 bits per heavy atom. The largest absolute Gasteiger partial charge is 0.316 e. The van der Waals surface area contributed by atoms with Gasteiger partial charge in [0.1, 0.15) is 6.07 Å². The third kappa shape index (κ3) is 1.91. The summed E-state index contributed by atoms with van der Waals surface area (Å²) in [5.74, 6) is 0.532. The van der Waals surface area contributed by atoms with E-state index in [4.69, 9.17) is 5.26 Å². The molecule has 1 aliphatic heterocycles. The van der Waals surface area contributed by atoms with Crippen molar-refractivity contribution in [1.82, 2.24) is 10.3 Å². The molecule has 0 unspecified atom stereocenters. The molecule has 3 heteroatoms. The number of pyridine rings is 1. The fraction of sp³-hybridized carbons (Fsp3) is 0.455. The highest BCUT2D eigenvalue weighted by molar-refractivity contribution is 5.31. The average Bonchev–Trinajstić information content (AvgIpc) is 2.30. The Labute approximate surface area is 83.8 Å². The molecule has 14 heavy (non-hydrogen) atoms. The SMILES string of the molecule is N#Cc1cncc([C@H]2CCCNC2)c1. The van der Waals surface area contributed by atoms with Crippen LogP contribution in [0, 0.1) is 11.3 Å². The molecule has 2 rings (SSSR count). The van der Waals surface area contributed by atoms with Gasteiger partial charge >= 0.3 is 0 Å². The van der Waals surface area contributed by atoms with Crippen LogP contribution < -0.4 is 5.32 Å². The summed E-state index contributed by atoms with van der Waals surface area (Å²) in [6.07, 6.45) is 5.89. The first-order valence-electron chi connectivity index (χ1n) is 4.96. The molecule has 0 aliphatic carbocycles. The summed E-state index contributed by atoms with van der Waals surface area (Å²) < 4.78 is 0. The van der Waals surface area contributed by atoms with Gasteiger partial charge in [-0.05, 0) is 36.9 Å². The smallest absolute Gasteiger partial charge is 0.101 e. The van der Waals surface area contributed by atoms with E-state index >= 15 is 0 Å². The Balaban J connectivity index is 2.18. The molecule has 1 aromatic heterocycles. The highest BCUT2D eigenvalue weighted by Crippen LogP contribution is 2.22. The Bertz CT molecular complexity index is 348. The second-order valence-electron chi connectivity index (χ2n) is 3.66. The maximum Gasteiger partial charge on any atom is 0.101 e. The van der Waals surface area contributed by atoms with Crippen molar-refractivity contribution in [2.45, 2.75) is 18.8 Å². The molecule has 0 aromatic carbocycles. The van der Waals surface area contributed by atoms with Crippen LogP contribution in [-0.2, 0) is 0 Å². The van der Waals surface area contributed by atoms with Crippen LogP contribution in [-0.4, -0.2) is 18.1 Å². The Kier molecular flexibility index (Phi) is 2.76. The van der Waals surface area contributed by atoms with Crippen molar-refractivity contribution in [2.75, 3.05) is 13.1 Å². The quantitative estimate of drug-likeness (QED) is 0.723. The molecule has 2 heterocycles. The zero-order valence-corrected chi connectivity index (χ0v) is 8.03. The van der Waals surface area contributed by atoms with E-state index in [1.54, 1.807) is 6.20 Å². The summed E-state index contributed by atoms with van der Waals surface area (Å²) in [5, 5.41) is 12.1. The molecular formula is C11H13N3. The summed E-state index contributed by atoms with van der Waals surface area (Å²) in [7, 11) is 0. The minimum absolute atomic E-state index is 0.532. The van der Waals surface area contributed by atoms with Gasteiger partial charge in [-0.3, -0.25) is 4.98 Å². The maximum absolute atomic E-state index is 8.75. The van der Waals surface area contributed by atoms with Crippen LogP contribution in [0.2, 0.25) is 0 Å². The molecule has 0 radical (unpaired) electrons. The number of nitrogens with one attached hydrogen (secondary N) is 1. The molecule has 0 bridgehead atoms. The second kappa shape index (κ2) is 4.21. The van der Waals surface area contributed by atoms with Crippen LogP contribution in [0.3, 0.4) is 0 Å². The predicted octanol–water partition coefficient (Wildman–Crippen LogP) is 1.42. The lowest BCUT2D eigenvalue weighted by Gasteiger charge is -2.22. The molecule has 1 saturated heterocycles.